The van der Waals surface area contributed by atoms with Gasteiger partial charge in [-0.2, -0.15) is 0 Å². The molecule has 2 rings (SSSR count). The topological polar surface area (TPSA) is 88.5 Å². The number of carboxylic acid groups (broad SMARTS) is 1. The third-order valence-corrected chi connectivity index (χ3v) is 4.65. The summed E-state index contributed by atoms with van der Waals surface area (Å²) >= 11 is 1.03. The Morgan fingerprint density at radius 1 is 1.28 bits per heavy atom. The molecule has 1 amide bonds. The SMILES string of the molecule is CCCc1ccc(OCCNC(=O)Cc2nc(C)c(C(=O)O)s2)cc1. The molecule has 0 radical (unpaired) electrons. The fraction of sp³-hybridized carbons (Fsp3) is 0.389. The van der Waals surface area contributed by atoms with Gasteiger partial charge in [0.2, 0.25) is 5.91 Å². The highest BCUT2D eigenvalue weighted by atomic mass is 32.1. The summed E-state index contributed by atoms with van der Waals surface area (Å²) < 4.78 is 5.59. The Hall–Kier alpha value is -2.41. The summed E-state index contributed by atoms with van der Waals surface area (Å²) in [5, 5.41) is 12.2. The molecule has 1 heterocycles. The average Bonchev–Trinajstić information content (AvgIpc) is 2.94. The summed E-state index contributed by atoms with van der Waals surface area (Å²) in [6.07, 6.45) is 2.24. The van der Waals surface area contributed by atoms with Crippen LogP contribution in [-0.2, 0) is 17.6 Å². The van der Waals surface area contributed by atoms with E-state index in [1.54, 1.807) is 6.92 Å². The van der Waals surface area contributed by atoms with Crippen molar-refractivity contribution in [3.63, 3.8) is 0 Å². The zero-order valence-electron chi connectivity index (χ0n) is 14.4. The van der Waals surface area contributed by atoms with Gasteiger partial charge in [0.05, 0.1) is 18.7 Å². The molecular weight excluding hydrogens is 340 g/mol. The molecule has 7 heteroatoms. The number of aryl methyl sites for hydroxylation is 2. The number of hydrogen-bond donors (Lipinski definition) is 2. The van der Waals surface area contributed by atoms with E-state index in [0.29, 0.717) is 23.9 Å². The summed E-state index contributed by atoms with van der Waals surface area (Å²) in [7, 11) is 0. The highest BCUT2D eigenvalue weighted by molar-refractivity contribution is 7.13. The predicted molar refractivity (Wildman–Crippen MR) is 96.5 cm³/mol. The van der Waals surface area contributed by atoms with Gasteiger partial charge < -0.3 is 15.2 Å². The van der Waals surface area contributed by atoms with Crippen LogP contribution in [0.4, 0.5) is 0 Å². The van der Waals surface area contributed by atoms with Crippen molar-refractivity contribution in [2.45, 2.75) is 33.1 Å². The van der Waals surface area contributed by atoms with Crippen molar-refractivity contribution in [2.75, 3.05) is 13.2 Å². The van der Waals surface area contributed by atoms with E-state index < -0.39 is 5.97 Å². The minimum absolute atomic E-state index is 0.0739. The van der Waals surface area contributed by atoms with E-state index in [2.05, 4.69) is 17.2 Å². The maximum Gasteiger partial charge on any atom is 0.347 e. The molecule has 0 aliphatic carbocycles. The molecule has 0 saturated heterocycles. The van der Waals surface area contributed by atoms with E-state index in [0.717, 1.165) is 29.9 Å². The number of aromatic nitrogens is 1. The molecule has 25 heavy (non-hydrogen) atoms. The van der Waals surface area contributed by atoms with Crippen molar-refractivity contribution in [3.05, 3.63) is 45.4 Å². The Morgan fingerprint density at radius 3 is 2.60 bits per heavy atom. The number of benzene rings is 1. The molecular formula is C18H22N2O4S. The number of nitrogens with one attached hydrogen (secondary N) is 1. The van der Waals surface area contributed by atoms with Crippen LogP contribution in [0.3, 0.4) is 0 Å². The maximum atomic E-state index is 11.9. The second-order valence-corrected chi connectivity index (χ2v) is 6.68. The second-order valence-electron chi connectivity index (χ2n) is 5.60. The summed E-state index contributed by atoms with van der Waals surface area (Å²) in [4.78, 5) is 27.2. The van der Waals surface area contributed by atoms with Gasteiger partial charge in [0.25, 0.3) is 0 Å². The van der Waals surface area contributed by atoms with Crippen LogP contribution >= 0.6 is 11.3 Å². The molecule has 134 valence electrons. The first-order valence-electron chi connectivity index (χ1n) is 8.17. The quantitative estimate of drug-likeness (QED) is 0.670. The molecule has 1 aromatic heterocycles. The number of nitrogens with zero attached hydrogens (tertiary/aromatic N) is 1. The van der Waals surface area contributed by atoms with Gasteiger partial charge in [-0.15, -0.1) is 11.3 Å². The summed E-state index contributed by atoms with van der Waals surface area (Å²) in [5.74, 6) is -0.441. The molecule has 6 nitrogen and oxygen atoms in total. The lowest BCUT2D eigenvalue weighted by molar-refractivity contribution is -0.120. The fourth-order valence-electron chi connectivity index (χ4n) is 2.33. The molecule has 0 aliphatic heterocycles. The minimum Gasteiger partial charge on any atom is -0.492 e. The van der Waals surface area contributed by atoms with Crippen LogP contribution in [-0.4, -0.2) is 35.1 Å². The normalized spacial score (nSPS) is 10.5. The van der Waals surface area contributed by atoms with Crippen LogP contribution in [0.25, 0.3) is 0 Å². The van der Waals surface area contributed by atoms with Crippen LogP contribution in [0, 0.1) is 6.92 Å². The minimum atomic E-state index is -1.01. The lowest BCUT2D eigenvalue weighted by atomic mass is 10.1. The summed E-state index contributed by atoms with van der Waals surface area (Å²) in [6.45, 7) is 4.52. The third kappa shape index (κ3) is 5.86. The van der Waals surface area contributed by atoms with Gasteiger partial charge in [-0.3, -0.25) is 4.79 Å². The van der Waals surface area contributed by atoms with Crippen molar-refractivity contribution in [3.8, 4) is 5.75 Å². The molecule has 0 unspecified atom stereocenters. The molecule has 1 aromatic carbocycles. The highest BCUT2D eigenvalue weighted by Gasteiger charge is 2.15. The Labute approximate surface area is 150 Å². The number of carboxylic acids is 1. The van der Waals surface area contributed by atoms with Crippen molar-refractivity contribution in [1.82, 2.24) is 10.3 Å². The Kier molecular flexibility index (Phi) is 6.94. The first-order chi connectivity index (χ1) is 12.0. The molecule has 0 spiro atoms. The van der Waals surface area contributed by atoms with Crippen LogP contribution in [0.5, 0.6) is 5.75 Å². The number of rotatable bonds is 9. The number of ether oxygens (including phenoxy) is 1. The van der Waals surface area contributed by atoms with Crippen LogP contribution in [0.15, 0.2) is 24.3 Å². The summed E-state index contributed by atoms with van der Waals surface area (Å²) in [5.41, 5.74) is 1.72. The molecule has 0 bridgehead atoms. The van der Waals surface area contributed by atoms with Gasteiger partial charge in [0.15, 0.2) is 0 Å². The standard InChI is InChI=1S/C18H22N2O4S/c1-3-4-13-5-7-14(8-6-13)24-10-9-19-15(21)11-16-20-12(2)17(25-16)18(22)23/h5-8H,3-4,9-11H2,1-2H3,(H,19,21)(H,22,23). The molecule has 0 fully saturated rings. The fourth-order valence-corrected chi connectivity index (χ4v) is 3.23. The Balaban J connectivity index is 1.71. The van der Waals surface area contributed by atoms with E-state index >= 15 is 0 Å². The zero-order chi connectivity index (χ0) is 18.2. The third-order valence-electron chi connectivity index (χ3n) is 3.50. The zero-order valence-corrected chi connectivity index (χ0v) is 15.2. The van der Waals surface area contributed by atoms with Gasteiger partial charge in [-0.05, 0) is 31.0 Å². The highest BCUT2D eigenvalue weighted by Crippen LogP contribution is 2.18. The van der Waals surface area contributed by atoms with E-state index in [1.807, 2.05) is 24.3 Å². The van der Waals surface area contributed by atoms with E-state index in [4.69, 9.17) is 9.84 Å². The number of amides is 1. The predicted octanol–water partition coefficient (Wildman–Crippen LogP) is 2.84. The number of carbonyl (C=O) groups excluding carboxylic acids is 1. The molecule has 0 saturated carbocycles. The van der Waals surface area contributed by atoms with Crippen LogP contribution in [0.2, 0.25) is 0 Å². The average molecular weight is 362 g/mol. The number of aromatic carboxylic acids is 1. The van der Waals surface area contributed by atoms with Crippen molar-refractivity contribution in [1.29, 1.82) is 0 Å². The number of thiazole rings is 1. The lowest BCUT2D eigenvalue weighted by Gasteiger charge is -2.08. The number of hydrogen-bond acceptors (Lipinski definition) is 5. The summed E-state index contributed by atoms with van der Waals surface area (Å²) in [6, 6.07) is 7.95. The first kappa shape index (κ1) is 18.9. The van der Waals surface area contributed by atoms with Gasteiger partial charge in [0.1, 0.15) is 22.2 Å². The molecule has 0 atom stereocenters. The molecule has 2 N–H and O–H groups in total. The van der Waals surface area contributed by atoms with Gasteiger partial charge in [-0.25, -0.2) is 9.78 Å². The van der Waals surface area contributed by atoms with E-state index in [-0.39, 0.29) is 17.2 Å². The second kappa shape index (κ2) is 9.17. The van der Waals surface area contributed by atoms with Crippen molar-refractivity contribution < 1.29 is 19.4 Å². The molecule has 2 aromatic rings. The maximum absolute atomic E-state index is 11.9. The van der Waals surface area contributed by atoms with Gasteiger partial charge in [-0.1, -0.05) is 25.5 Å². The van der Waals surface area contributed by atoms with Crippen molar-refractivity contribution in [2.24, 2.45) is 0 Å². The van der Waals surface area contributed by atoms with Crippen LogP contribution < -0.4 is 10.1 Å². The largest absolute Gasteiger partial charge is 0.492 e. The van der Waals surface area contributed by atoms with E-state index in [1.165, 1.54) is 5.56 Å². The first-order valence-corrected chi connectivity index (χ1v) is 8.99. The monoisotopic (exact) mass is 362 g/mol. The number of carbonyl (C=O) groups is 2. The Bertz CT molecular complexity index is 725. The molecule has 0 aliphatic rings. The lowest BCUT2D eigenvalue weighted by Crippen LogP contribution is -2.29. The van der Waals surface area contributed by atoms with Gasteiger partial charge in [0, 0.05) is 0 Å². The van der Waals surface area contributed by atoms with Gasteiger partial charge >= 0.3 is 5.97 Å². The van der Waals surface area contributed by atoms with E-state index in [9.17, 15) is 9.59 Å². The smallest absolute Gasteiger partial charge is 0.347 e. The van der Waals surface area contributed by atoms with Crippen LogP contribution in [0.1, 0.15) is 39.3 Å². The Morgan fingerprint density at radius 2 is 2.00 bits per heavy atom. The van der Waals surface area contributed by atoms with Crippen molar-refractivity contribution >= 4 is 23.2 Å².